The Hall–Kier alpha value is -1.07. The maximum atomic E-state index is 10.6. The Kier molecular flexibility index (Phi) is 2.20. The van der Waals surface area contributed by atoms with Crippen molar-refractivity contribution >= 4 is 39.1 Å². The van der Waals surface area contributed by atoms with Gasteiger partial charge in [-0.05, 0) is 28.1 Å². The molecule has 1 N–H and O–H groups in total. The molecule has 4 nitrogen and oxygen atoms in total. The Balaban J connectivity index is 2.77. The Morgan fingerprint density at radius 3 is 2.93 bits per heavy atom. The number of fused-ring (bicyclic) bond motifs is 1. The number of imidazole rings is 1. The van der Waals surface area contributed by atoms with E-state index in [9.17, 15) is 4.79 Å². The second-order valence-corrected chi connectivity index (χ2v) is 3.84. The van der Waals surface area contributed by atoms with Crippen molar-refractivity contribution in [3.05, 3.63) is 33.6 Å². The largest absolute Gasteiger partial charge is 0.476 e. The lowest BCUT2D eigenvalue weighted by atomic mass is 10.5. The summed E-state index contributed by atoms with van der Waals surface area (Å²) in [4.78, 5) is 14.5. The second kappa shape index (κ2) is 3.25. The fraction of sp³-hybridized carbons (Fsp3) is 0. The van der Waals surface area contributed by atoms with E-state index < -0.39 is 5.97 Å². The van der Waals surface area contributed by atoms with Crippen LogP contribution in [0, 0.1) is 0 Å². The van der Waals surface area contributed by atoms with E-state index in [1.54, 1.807) is 12.1 Å². The van der Waals surface area contributed by atoms with E-state index in [4.69, 9.17) is 16.7 Å². The predicted octanol–water partition coefficient (Wildman–Crippen LogP) is 2.45. The van der Waals surface area contributed by atoms with Gasteiger partial charge < -0.3 is 5.11 Å². The molecule has 0 saturated heterocycles. The highest BCUT2D eigenvalue weighted by Gasteiger charge is 2.11. The van der Waals surface area contributed by atoms with Gasteiger partial charge in [-0.3, -0.25) is 4.40 Å². The van der Waals surface area contributed by atoms with E-state index in [1.807, 2.05) is 0 Å². The minimum atomic E-state index is -1.07. The summed E-state index contributed by atoms with van der Waals surface area (Å²) in [5, 5.41) is 9.12. The average Bonchev–Trinajstić information content (AvgIpc) is 2.56. The maximum absolute atomic E-state index is 10.6. The summed E-state index contributed by atoms with van der Waals surface area (Å²) in [6.07, 6.45) is 1.38. The number of carboxylic acid groups (broad SMARTS) is 1. The topological polar surface area (TPSA) is 54.6 Å². The van der Waals surface area contributed by atoms with Crippen molar-refractivity contribution in [2.75, 3.05) is 0 Å². The van der Waals surface area contributed by atoms with Gasteiger partial charge in [-0.1, -0.05) is 11.6 Å². The van der Waals surface area contributed by atoms with Crippen molar-refractivity contribution < 1.29 is 9.90 Å². The molecule has 0 aliphatic rings. The summed E-state index contributed by atoms with van der Waals surface area (Å²) < 4.78 is 2.20. The molecule has 0 amide bonds. The van der Waals surface area contributed by atoms with Crippen LogP contribution < -0.4 is 0 Å². The molecule has 14 heavy (non-hydrogen) atoms. The summed E-state index contributed by atoms with van der Waals surface area (Å²) in [7, 11) is 0. The normalized spacial score (nSPS) is 10.7. The molecule has 0 saturated carbocycles. The van der Waals surface area contributed by atoms with Gasteiger partial charge in [0.2, 0.25) is 0 Å². The standard InChI is InChI=1S/C8H4BrClN2O2/c9-4-1-2-6-11-5(8(13)14)3-12(6)7(4)10/h1-3H,(H,13,14). The number of rotatable bonds is 1. The van der Waals surface area contributed by atoms with Crippen molar-refractivity contribution in [2.24, 2.45) is 0 Å². The number of nitrogens with zero attached hydrogens (tertiary/aromatic N) is 2. The first-order chi connectivity index (χ1) is 6.59. The fourth-order valence-corrected chi connectivity index (χ4v) is 1.63. The summed E-state index contributed by atoms with van der Waals surface area (Å²) >= 11 is 9.16. The summed E-state index contributed by atoms with van der Waals surface area (Å²) in [6, 6.07) is 3.40. The molecular weight excluding hydrogens is 271 g/mol. The molecule has 0 aromatic carbocycles. The van der Waals surface area contributed by atoms with Gasteiger partial charge in [-0.25, -0.2) is 9.78 Å². The molecule has 0 aliphatic carbocycles. The van der Waals surface area contributed by atoms with E-state index in [2.05, 4.69) is 20.9 Å². The van der Waals surface area contributed by atoms with Crippen LogP contribution in [0.25, 0.3) is 5.65 Å². The lowest BCUT2D eigenvalue weighted by Crippen LogP contribution is -1.94. The Morgan fingerprint density at radius 1 is 1.57 bits per heavy atom. The molecule has 6 heteroatoms. The molecule has 2 aromatic rings. The maximum Gasteiger partial charge on any atom is 0.356 e. The number of aromatic nitrogens is 2. The number of carboxylic acids is 1. The van der Waals surface area contributed by atoms with Crippen molar-refractivity contribution in [1.29, 1.82) is 0 Å². The highest BCUT2D eigenvalue weighted by molar-refractivity contribution is 9.10. The van der Waals surface area contributed by atoms with Crippen LogP contribution in [0.2, 0.25) is 5.15 Å². The number of hydrogen-bond acceptors (Lipinski definition) is 2. The van der Waals surface area contributed by atoms with Gasteiger partial charge in [0, 0.05) is 6.20 Å². The lowest BCUT2D eigenvalue weighted by Gasteiger charge is -1.98. The molecule has 2 rings (SSSR count). The van der Waals surface area contributed by atoms with Gasteiger partial charge in [0.05, 0.1) is 4.47 Å². The molecular formula is C8H4BrClN2O2. The molecule has 2 heterocycles. The molecule has 0 spiro atoms. The first-order valence-electron chi connectivity index (χ1n) is 3.66. The van der Waals surface area contributed by atoms with Gasteiger partial charge >= 0.3 is 5.97 Å². The minimum absolute atomic E-state index is 0.0231. The molecule has 2 aromatic heterocycles. The SMILES string of the molecule is O=C(O)c1cn2c(Cl)c(Br)ccc2n1. The van der Waals surface area contributed by atoms with Gasteiger partial charge in [0.15, 0.2) is 5.69 Å². The van der Waals surface area contributed by atoms with Crippen molar-refractivity contribution in [3.8, 4) is 0 Å². The lowest BCUT2D eigenvalue weighted by molar-refractivity contribution is 0.0691. The number of aromatic carboxylic acids is 1. The average molecular weight is 275 g/mol. The van der Waals surface area contributed by atoms with Gasteiger partial charge in [-0.15, -0.1) is 0 Å². The smallest absolute Gasteiger partial charge is 0.356 e. The van der Waals surface area contributed by atoms with Crippen LogP contribution in [0.1, 0.15) is 10.5 Å². The monoisotopic (exact) mass is 274 g/mol. The number of hydrogen-bond donors (Lipinski definition) is 1. The van der Waals surface area contributed by atoms with E-state index in [0.717, 1.165) is 0 Å². The number of pyridine rings is 1. The summed E-state index contributed by atoms with van der Waals surface area (Å²) in [5.41, 5.74) is 0.487. The molecule has 0 aliphatic heterocycles. The van der Waals surface area contributed by atoms with Gasteiger partial charge in [-0.2, -0.15) is 0 Å². The molecule has 0 unspecified atom stereocenters. The summed E-state index contributed by atoms with van der Waals surface area (Å²) in [6.45, 7) is 0. The molecule has 0 radical (unpaired) electrons. The third-order valence-electron chi connectivity index (χ3n) is 1.74. The van der Waals surface area contributed by atoms with Crippen LogP contribution in [0.5, 0.6) is 0 Å². The van der Waals surface area contributed by atoms with Crippen LogP contribution in [0.4, 0.5) is 0 Å². The van der Waals surface area contributed by atoms with Crippen LogP contribution in [-0.4, -0.2) is 20.5 Å². The fourth-order valence-electron chi connectivity index (χ4n) is 1.10. The molecule has 0 fully saturated rings. The Labute approximate surface area is 92.3 Å². The van der Waals surface area contributed by atoms with E-state index >= 15 is 0 Å². The molecule has 0 atom stereocenters. The van der Waals surface area contributed by atoms with Crippen LogP contribution in [0.15, 0.2) is 22.8 Å². The van der Waals surface area contributed by atoms with E-state index in [0.29, 0.717) is 15.3 Å². The zero-order chi connectivity index (χ0) is 10.3. The number of halogens is 2. The first-order valence-corrected chi connectivity index (χ1v) is 4.83. The third kappa shape index (κ3) is 1.38. The zero-order valence-electron chi connectivity index (χ0n) is 6.74. The van der Waals surface area contributed by atoms with E-state index in [-0.39, 0.29) is 5.69 Å². The Morgan fingerprint density at radius 2 is 2.29 bits per heavy atom. The predicted molar refractivity (Wildman–Crippen MR) is 54.9 cm³/mol. The highest BCUT2D eigenvalue weighted by atomic mass is 79.9. The number of carbonyl (C=O) groups is 1. The highest BCUT2D eigenvalue weighted by Crippen LogP contribution is 2.23. The van der Waals surface area contributed by atoms with E-state index in [1.165, 1.54) is 10.6 Å². The third-order valence-corrected chi connectivity index (χ3v) is 2.99. The molecule has 72 valence electrons. The first kappa shape index (κ1) is 9.48. The van der Waals surface area contributed by atoms with Crippen molar-refractivity contribution in [1.82, 2.24) is 9.38 Å². The quantitative estimate of drug-likeness (QED) is 0.813. The Bertz CT molecular complexity index is 523. The van der Waals surface area contributed by atoms with Crippen LogP contribution >= 0.6 is 27.5 Å². The van der Waals surface area contributed by atoms with Crippen LogP contribution in [-0.2, 0) is 0 Å². The second-order valence-electron chi connectivity index (χ2n) is 2.63. The molecule has 0 bridgehead atoms. The van der Waals surface area contributed by atoms with Crippen LogP contribution in [0.3, 0.4) is 0 Å². The summed E-state index contributed by atoms with van der Waals surface area (Å²) in [5.74, 6) is -1.07. The minimum Gasteiger partial charge on any atom is -0.476 e. The van der Waals surface area contributed by atoms with Gasteiger partial charge in [0.1, 0.15) is 10.8 Å². The zero-order valence-corrected chi connectivity index (χ0v) is 9.08. The van der Waals surface area contributed by atoms with Crippen molar-refractivity contribution in [3.63, 3.8) is 0 Å². The van der Waals surface area contributed by atoms with Crippen molar-refractivity contribution in [2.45, 2.75) is 0 Å². The van der Waals surface area contributed by atoms with Gasteiger partial charge in [0.25, 0.3) is 0 Å².